The summed E-state index contributed by atoms with van der Waals surface area (Å²) in [5.41, 5.74) is 4.49. The van der Waals surface area contributed by atoms with Gasteiger partial charge in [0, 0.05) is 5.56 Å². The second-order valence-corrected chi connectivity index (χ2v) is 13.3. The molecule has 5 unspecified atom stereocenters. The van der Waals surface area contributed by atoms with Crippen molar-refractivity contribution in [3.8, 4) is 5.75 Å². The molecule has 2 aromatic rings. The first-order valence-electron chi connectivity index (χ1n) is 14.9. The first-order valence-corrected chi connectivity index (χ1v) is 16.3. The quantitative estimate of drug-likeness (QED) is 0.339. The van der Waals surface area contributed by atoms with Gasteiger partial charge < -0.3 is 14.3 Å². The Labute approximate surface area is 251 Å². The van der Waals surface area contributed by atoms with Crippen molar-refractivity contribution in [2.45, 2.75) is 71.5 Å². The van der Waals surface area contributed by atoms with Gasteiger partial charge in [-0.05, 0) is 104 Å². The highest BCUT2D eigenvalue weighted by atomic mass is 32.2. The number of carbonyl (C=O) groups excluding carboxylic acids is 1. The van der Waals surface area contributed by atoms with E-state index in [0.717, 1.165) is 52.4 Å². The average molecular weight is 611 g/mol. The van der Waals surface area contributed by atoms with Crippen LogP contribution in [0.5, 0.6) is 5.75 Å². The molecule has 1 heterocycles. The Morgan fingerprint density at radius 3 is 2.74 bits per heavy atom. The van der Waals surface area contributed by atoms with Gasteiger partial charge in [-0.1, -0.05) is 24.2 Å². The summed E-state index contributed by atoms with van der Waals surface area (Å²) in [6.45, 7) is 6.72. The fourth-order valence-corrected chi connectivity index (χ4v) is 8.34. The summed E-state index contributed by atoms with van der Waals surface area (Å²) in [7, 11) is -4.06. The van der Waals surface area contributed by atoms with Gasteiger partial charge in [0.05, 0.1) is 29.1 Å². The lowest BCUT2D eigenvalue weighted by atomic mass is 9.55. The summed E-state index contributed by atoms with van der Waals surface area (Å²) in [4.78, 5) is 26.7. The molecule has 0 bridgehead atoms. The van der Waals surface area contributed by atoms with E-state index >= 15 is 0 Å². The van der Waals surface area contributed by atoms with Gasteiger partial charge in [0.25, 0.3) is 0 Å². The molecule has 11 nitrogen and oxygen atoms in total. The van der Waals surface area contributed by atoms with Gasteiger partial charge in [0.15, 0.2) is 6.61 Å². The molecule has 2 aromatic carbocycles. The van der Waals surface area contributed by atoms with Crippen LogP contribution >= 0.6 is 0 Å². The lowest BCUT2D eigenvalue weighted by molar-refractivity contribution is -0.145. The molecular weight excluding hydrogens is 572 g/mol. The van der Waals surface area contributed by atoms with Crippen molar-refractivity contribution >= 4 is 22.0 Å². The van der Waals surface area contributed by atoms with Gasteiger partial charge in [0.1, 0.15) is 19.0 Å². The predicted molar refractivity (Wildman–Crippen MR) is 157 cm³/mol. The molecule has 4 aliphatic rings. The zero-order valence-electron chi connectivity index (χ0n) is 24.7. The lowest BCUT2D eigenvalue weighted by Crippen LogP contribution is -2.46. The number of nitrogens with zero attached hydrogens (tertiary/aromatic N) is 3. The summed E-state index contributed by atoms with van der Waals surface area (Å²) >= 11 is 0. The molecule has 2 fully saturated rings. The SMILES string of the molecule is CCOC(=O)COc1cc2c(cc1C)C1CCC3(C)C(OS(N)(=O)=O)CCC3C1C/C2=N\OCc1ccc2c(c1)=NCN=2. The summed E-state index contributed by atoms with van der Waals surface area (Å²) in [5, 5.41) is 11.7. The van der Waals surface area contributed by atoms with E-state index in [-0.39, 0.29) is 36.4 Å². The van der Waals surface area contributed by atoms with Gasteiger partial charge in [0.2, 0.25) is 0 Å². The van der Waals surface area contributed by atoms with Crippen molar-refractivity contribution in [3.63, 3.8) is 0 Å². The highest BCUT2D eigenvalue weighted by Crippen LogP contribution is 2.62. The Kier molecular flexibility index (Phi) is 8.03. The number of nitrogens with two attached hydrogens (primary N) is 1. The van der Waals surface area contributed by atoms with Crippen LogP contribution in [0.3, 0.4) is 0 Å². The molecule has 1 aliphatic heterocycles. The Morgan fingerprint density at radius 1 is 1.14 bits per heavy atom. The topological polar surface area (TPSA) is 151 Å². The number of hydrogen-bond donors (Lipinski definition) is 1. The van der Waals surface area contributed by atoms with Gasteiger partial charge in [-0.25, -0.2) is 9.93 Å². The number of benzene rings is 2. The van der Waals surface area contributed by atoms with Crippen molar-refractivity contribution in [2.24, 2.45) is 37.5 Å². The third-order valence-corrected chi connectivity index (χ3v) is 10.2. The van der Waals surface area contributed by atoms with E-state index in [1.54, 1.807) is 6.92 Å². The Hall–Kier alpha value is -3.35. The Balaban J connectivity index is 1.32. The van der Waals surface area contributed by atoms with Crippen molar-refractivity contribution in [2.75, 3.05) is 19.9 Å². The van der Waals surface area contributed by atoms with Crippen LogP contribution in [0.25, 0.3) is 0 Å². The maximum absolute atomic E-state index is 12.0. The van der Waals surface area contributed by atoms with Crippen molar-refractivity contribution in [1.82, 2.24) is 0 Å². The lowest BCUT2D eigenvalue weighted by Gasteiger charge is -2.50. The molecule has 5 atom stereocenters. The van der Waals surface area contributed by atoms with Crippen molar-refractivity contribution in [1.29, 1.82) is 0 Å². The largest absolute Gasteiger partial charge is 0.482 e. The third kappa shape index (κ3) is 5.92. The van der Waals surface area contributed by atoms with Crippen LogP contribution in [0.1, 0.15) is 74.1 Å². The fraction of sp³-hybridized carbons (Fsp3) is 0.548. The van der Waals surface area contributed by atoms with Crippen LogP contribution in [-0.2, 0) is 35.5 Å². The van der Waals surface area contributed by atoms with Gasteiger partial charge in [-0.3, -0.25) is 14.2 Å². The van der Waals surface area contributed by atoms with E-state index in [2.05, 4.69) is 28.1 Å². The number of aryl methyl sites for hydroxylation is 1. The molecule has 0 amide bonds. The van der Waals surface area contributed by atoms with Gasteiger partial charge in [-0.2, -0.15) is 8.42 Å². The number of esters is 1. The minimum absolute atomic E-state index is 0.177. The second kappa shape index (κ2) is 11.6. The number of ether oxygens (including phenoxy) is 2. The minimum atomic E-state index is -4.06. The molecule has 0 radical (unpaired) electrons. The maximum atomic E-state index is 12.0. The number of rotatable bonds is 9. The second-order valence-electron chi connectivity index (χ2n) is 12.2. The number of hydrogen-bond acceptors (Lipinski definition) is 10. The monoisotopic (exact) mass is 610 g/mol. The molecule has 0 spiro atoms. The maximum Gasteiger partial charge on any atom is 0.344 e. The van der Waals surface area contributed by atoms with Crippen molar-refractivity contribution in [3.05, 3.63) is 63.3 Å². The van der Waals surface area contributed by atoms with Crippen LogP contribution in [0.4, 0.5) is 0 Å². The number of fused-ring (bicyclic) bond motifs is 6. The first kappa shape index (κ1) is 29.7. The summed E-state index contributed by atoms with van der Waals surface area (Å²) in [6, 6.07) is 9.99. The van der Waals surface area contributed by atoms with E-state index in [1.807, 2.05) is 31.2 Å². The predicted octanol–water partition coefficient (Wildman–Crippen LogP) is 2.97. The van der Waals surface area contributed by atoms with Crippen LogP contribution < -0.4 is 20.6 Å². The van der Waals surface area contributed by atoms with E-state index in [1.165, 1.54) is 5.56 Å². The molecule has 3 aliphatic carbocycles. The zero-order chi connectivity index (χ0) is 30.4. The first-order chi connectivity index (χ1) is 20.6. The Morgan fingerprint density at radius 2 is 1.95 bits per heavy atom. The summed E-state index contributed by atoms with van der Waals surface area (Å²) in [5.74, 6) is 0.910. The third-order valence-electron chi connectivity index (χ3n) is 9.67. The zero-order valence-corrected chi connectivity index (χ0v) is 25.6. The van der Waals surface area contributed by atoms with Gasteiger partial charge in [-0.15, -0.1) is 0 Å². The summed E-state index contributed by atoms with van der Waals surface area (Å²) < 4.78 is 40.1. The number of oxime groups is 1. The molecule has 2 saturated carbocycles. The molecule has 12 heteroatoms. The molecule has 2 N–H and O–H groups in total. The molecule has 230 valence electrons. The molecular formula is C31H38N4O7S. The highest BCUT2D eigenvalue weighted by molar-refractivity contribution is 7.84. The van der Waals surface area contributed by atoms with Crippen molar-refractivity contribution < 1.29 is 31.7 Å². The van der Waals surface area contributed by atoms with E-state index < -0.39 is 22.4 Å². The molecule has 6 rings (SSSR count). The summed E-state index contributed by atoms with van der Waals surface area (Å²) in [6.07, 6.45) is 3.44. The van der Waals surface area contributed by atoms with E-state index in [4.69, 9.17) is 23.6 Å². The van der Waals surface area contributed by atoms with Crippen LogP contribution in [-0.4, -0.2) is 46.1 Å². The van der Waals surface area contributed by atoms with Gasteiger partial charge >= 0.3 is 16.3 Å². The minimum Gasteiger partial charge on any atom is -0.482 e. The average Bonchev–Trinajstić information content (AvgIpc) is 3.55. The van der Waals surface area contributed by atoms with E-state index in [0.29, 0.717) is 31.9 Å². The fourth-order valence-electron chi connectivity index (χ4n) is 7.70. The molecule has 0 aromatic heterocycles. The van der Waals surface area contributed by atoms with E-state index in [9.17, 15) is 13.2 Å². The normalized spacial score (nSPS) is 28.1. The molecule has 43 heavy (non-hydrogen) atoms. The highest BCUT2D eigenvalue weighted by Gasteiger charge is 2.57. The molecule has 0 saturated heterocycles. The Bertz CT molecular complexity index is 1690. The smallest absolute Gasteiger partial charge is 0.344 e. The van der Waals surface area contributed by atoms with Crippen LogP contribution in [0.15, 0.2) is 45.5 Å². The standard InChI is InChI=1S/C31H38N4O7S/c1-4-39-30(36)16-40-28-14-23-21(11-18(28)2)20-9-10-31(3)24(6-8-29(31)42-43(32,37)38)22(20)13-26(23)35-41-15-19-5-7-25-27(12-19)34-17-33-25/h5,7,11-12,14,20,22,24,29H,4,6,8-10,13,15-17H2,1-3H3,(H2,32,37,38)/b35-26+. The van der Waals surface area contributed by atoms with Crippen LogP contribution in [0, 0.1) is 24.2 Å². The number of carbonyl (C=O) groups is 1. The van der Waals surface area contributed by atoms with Crippen LogP contribution in [0.2, 0.25) is 0 Å².